The molecule has 0 aromatic heterocycles. The third-order valence-corrected chi connectivity index (χ3v) is 9.90. The fourth-order valence-electron chi connectivity index (χ4n) is 7.65. The summed E-state index contributed by atoms with van der Waals surface area (Å²) >= 11 is 0. The Morgan fingerprint density at radius 3 is 2.18 bits per heavy atom. The summed E-state index contributed by atoms with van der Waals surface area (Å²) in [5, 5.41) is 10.1. The number of nitrogens with zero attached hydrogens (tertiary/aromatic N) is 1. The lowest BCUT2D eigenvalue weighted by molar-refractivity contribution is -0.124. The van der Waals surface area contributed by atoms with E-state index in [0.29, 0.717) is 37.5 Å². The van der Waals surface area contributed by atoms with Gasteiger partial charge in [0.1, 0.15) is 29.7 Å². The first-order valence-corrected chi connectivity index (χ1v) is 17.6. The second kappa shape index (κ2) is 17.1. The standard InChI is InChI=1S/C43H51NO6/c1-28(2)49-21-22-50-37-18-15-33(16-19-37)43-42(31(5)46)39(34-17-20-40(48-6)35(23-34)27-45)26-44(43)25-36(47)24-38(32-13-8-7-9-14-32)41-29(3)11-10-12-30(41)4/h7-20,23,28,38-39,42-43,45H,21-22,24-27H2,1-6H3/t38?,39-,42-,43+/m1/s1. The fraction of sp³-hybridized carbons (Fsp3) is 0.395. The summed E-state index contributed by atoms with van der Waals surface area (Å²) in [5.74, 6) is 0.817. The van der Waals surface area contributed by atoms with E-state index in [0.717, 1.165) is 22.4 Å². The van der Waals surface area contributed by atoms with E-state index in [4.69, 9.17) is 14.2 Å². The van der Waals surface area contributed by atoms with Crippen LogP contribution in [0.2, 0.25) is 0 Å². The van der Waals surface area contributed by atoms with Crippen LogP contribution in [-0.2, 0) is 20.9 Å². The van der Waals surface area contributed by atoms with Crippen LogP contribution in [0.4, 0.5) is 0 Å². The lowest BCUT2D eigenvalue weighted by Gasteiger charge is -2.29. The average Bonchev–Trinajstić information content (AvgIpc) is 3.49. The van der Waals surface area contributed by atoms with Crippen LogP contribution in [0.5, 0.6) is 11.5 Å². The Kier molecular flexibility index (Phi) is 12.6. The van der Waals surface area contributed by atoms with Gasteiger partial charge in [-0.25, -0.2) is 0 Å². The molecule has 0 spiro atoms. The smallest absolute Gasteiger partial charge is 0.147 e. The number of aliphatic hydroxyl groups is 1. The molecule has 1 N–H and O–H groups in total. The van der Waals surface area contributed by atoms with Gasteiger partial charge in [-0.3, -0.25) is 14.5 Å². The largest absolute Gasteiger partial charge is 0.496 e. The number of methoxy groups -OCH3 is 1. The predicted octanol–water partition coefficient (Wildman–Crippen LogP) is 7.75. The maximum atomic E-state index is 14.3. The molecule has 0 amide bonds. The van der Waals surface area contributed by atoms with Crippen LogP contribution in [0.1, 0.15) is 84.0 Å². The fourth-order valence-corrected chi connectivity index (χ4v) is 7.65. The number of carbonyl (C=O) groups excluding carboxylic acids is 2. The van der Waals surface area contributed by atoms with Crippen molar-refractivity contribution >= 4 is 11.6 Å². The van der Waals surface area contributed by atoms with Gasteiger partial charge in [0.15, 0.2) is 0 Å². The van der Waals surface area contributed by atoms with Gasteiger partial charge >= 0.3 is 0 Å². The Morgan fingerprint density at radius 2 is 1.56 bits per heavy atom. The molecule has 4 aromatic carbocycles. The molecule has 264 valence electrons. The van der Waals surface area contributed by atoms with Gasteiger partial charge in [0.2, 0.25) is 0 Å². The second-order valence-corrected chi connectivity index (χ2v) is 13.7. The number of hydrogen-bond donors (Lipinski definition) is 1. The molecule has 4 atom stereocenters. The minimum absolute atomic E-state index is 0.0557. The molecule has 0 bridgehead atoms. The van der Waals surface area contributed by atoms with E-state index in [-0.39, 0.29) is 48.7 Å². The van der Waals surface area contributed by atoms with Crippen molar-refractivity contribution < 1.29 is 28.9 Å². The molecule has 1 unspecified atom stereocenters. The van der Waals surface area contributed by atoms with E-state index in [9.17, 15) is 14.7 Å². The average molecular weight is 678 g/mol. The summed E-state index contributed by atoms with van der Waals surface area (Å²) < 4.78 is 17.0. The minimum Gasteiger partial charge on any atom is -0.496 e. The maximum Gasteiger partial charge on any atom is 0.147 e. The molecule has 1 saturated heterocycles. The Bertz CT molecular complexity index is 1710. The summed E-state index contributed by atoms with van der Waals surface area (Å²) in [7, 11) is 1.58. The van der Waals surface area contributed by atoms with Crippen LogP contribution < -0.4 is 9.47 Å². The first kappa shape index (κ1) is 37.0. The van der Waals surface area contributed by atoms with Gasteiger partial charge in [-0.05, 0) is 92.3 Å². The van der Waals surface area contributed by atoms with Crippen LogP contribution in [0.15, 0.2) is 91.0 Å². The number of likely N-dealkylation sites (tertiary alicyclic amines) is 1. The first-order chi connectivity index (χ1) is 24.1. The number of rotatable bonds is 16. The van der Waals surface area contributed by atoms with Gasteiger partial charge in [0, 0.05) is 42.3 Å². The van der Waals surface area contributed by atoms with E-state index in [1.54, 1.807) is 14.0 Å². The van der Waals surface area contributed by atoms with Crippen molar-refractivity contribution in [3.8, 4) is 11.5 Å². The highest BCUT2D eigenvalue weighted by atomic mass is 16.5. The summed E-state index contributed by atoms with van der Waals surface area (Å²) in [6.45, 7) is 11.3. The third-order valence-electron chi connectivity index (χ3n) is 9.90. The molecule has 50 heavy (non-hydrogen) atoms. The maximum absolute atomic E-state index is 14.3. The van der Waals surface area contributed by atoms with Gasteiger partial charge in [0.25, 0.3) is 0 Å². The van der Waals surface area contributed by atoms with Crippen LogP contribution in [0, 0.1) is 19.8 Å². The predicted molar refractivity (Wildman–Crippen MR) is 197 cm³/mol. The summed E-state index contributed by atoms with van der Waals surface area (Å²) in [4.78, 5) is 30.1. The van der Waals surface area contributed by atoms with Crippen molar-refractivity contribution in [3.63, 3.8) is 0 Å². The van der Waals surface area contributed by atoms with E-state index >= 15 is 0 Å². The Balaban J connectivity index is 1.48. The molecular formula is C43H51NO6. The first-order valence-electron chi connectivity index (χ1n) is 17.6. The Hall–Kier alpha value is -4.30. The molecule has 5 rings (SSSR count). The molecule has 1 heterocycles. The van der Waals surface area contributed by atoms with Gasteiger partial charge in [-0.2, -0.15) is 0 Å². The number of Topliss-reactive ketones (excluding diaryl/α,β-unsaturated/α-hetero) is 2. The van der Waals surface area contributed by atoms with Gasteiger partial charge in [-0.1, -0.05) is 66.7 Å². The molecule has 1 fully saturated rings. The van der Waals surface area contributed by atoms with Crippen LogP contribution in [0.3, 0.4) is 0 Å². The lowest BCUT2D eigenvalue weighted by atomic mass is 9.80. The number of benzene rings is 4. The van der Waals surface area contributed by atoms with Crippen molar-refractivity contribution in [2.45, 2.75) is 71.6 Å². The number of carbonyl (C=O) groups is 2. The van der Waals surface area contributed by atoms with Crippen molar-refractivity contribution in [3.05, 3.63) is 130 Å². The molecule has 7 heteroatoms. The van der Waals surface area contributed by atoms with Crippen molar-refractivity contribution in [1.29, 1.82) is 0 Å². The zero-order chi connectivity index (χ0) is 35.8. The highest BCUT2D eigenvalue weighted by molar-refractivity contribution is 5.84. The van der Waals surface area contributed by atoms with Crippen molar-refractivity contribution in [1.82, 2.24) is 4.90 Å². The van der Waals surface area contributed by atoms with Crippen LogP contribution in [0.25, 0.3) is 0 Å². The van der Waals surface area contributed by atoms with E-state index in [2.05, 4.69) is 49.1 Å². The molecule has 0 radical (unpaired) electrons. The van der Waals surface area contributed by atoms with Crippen molar-refractivity contribution in [2.24, 2.45) is 5.92 Å². The highest BCUT2D eigenvalue weighted by Crippen LogP contribution is 2.47. The van der Waals surface area contributed by atoms with Gasteiger partial charge in [0.05, 0.1) is 33.0 Å². The van der Waals surface area contributed by atoms with Crippen molar-refractivity contribution in [2.75, 3.05) is 33.4 Å². The normalized spacial score (nSPS) is 18.3. The quantitative estimate of drug-likeness (QED) is 0.122. The third kappa shape index (κ3) is 8.70. The van der Waals surface area contributed by atoms with E-state index in [1.165, 1.54) is 16.7 Å². The topological polar surface area (TPSA) is 85.3 Å². The highest BCUT2D eigenvalue weighted by Gasteiger charge is 2.46. The second-order valence-electron chi connectivity index (χ2n) is 13.7. The number of aliphatic hydroxyl groups excluding tert-OH is 1. The number of ketones is 2. The molecule has 0 saturated carbocycles. The Morgan fingerprint density at radius 1 is 0.880 bits per heavy atom. The number of aryl methyl sites for hydroxylation is 2. The van der Waals surface area contributed by atoms with Crippen LogP contribution in [-0.4, -0.2) is 61.1 Å². The molecule has 7 nitrogen and oxygen atoms in total. The van der Waals surface area contributed by atoms with Gasteiger partial charge < -0.3 is 19.3 Å². The number of hydrogen-bond acceptors (Lipinski definition) is 7. The SMILES string of the molecule is COc1ccc([C@H]2CN(CC(=O)CC(c3ccccc3)c3c(C)cccc3C)[C@@H](c3ccc(OCCOC(C)C)cc3)[C@@H]2C(C)=O)cc1CO. The lowest BCUT2D eigenvalue weighted by Crippen LogP contribution is -2.33. The van der Waals surface area contributed by atoms with Crippen LogP contribution >= 0.6 is 0 Å². The molecule has 1 aliphatic rings. The zero-order valence-electron chi connectivity index (χ0n) is 30.2. The van der Waals surface area contributed by atoms with E-state index < -0.39 is 5.92 Å². The van der Waals surface area contributed by atoms with Gasteiger partial charge in [-0.15, -0.1) is 0 Å². The Labute approximate surface area is 297 Å². The summed E-state index contributed by atoms with van der Waals surface area (Å²) in [5.41, 5.74) is 7.20. The molecule has 1 aliphatic heterocycles. The molecular weight excluding hydrogens is 626 g/mol. The molecule has 4 aromatic rings. The molecule has 0 aliphatic carbocycles. The zero-order valence-corrected chi connectivity index (χ0v) is 30.2. The summed E-state index contributed by atoms with van der Waals surface area (Å²) in [6.07, 6.45) is 0.480. The summed E-state index contributed by atoms with van der Waals surface area (Å²) in [6, 6.07) is 29.9. The monoisotopic (exact) mass is 677 g/mol. The number of ether oxygens (including phenoxy) is 3. The minimum atomic E-state index is -0.405. The van der Waals surface area contributed by atoms with E-state index in [1.807, 2.05) is 74.5 Å².